The fourth-order valence-electron chi connectivity index (χ4n) is 4.58. The van der Waals surface area contributed by atoms with E-state index in [0.29, 0.717) is 23.5 Å². The molecule has 20 heavy (non-hydrogen) atoms. The highest BCUT2D eigenvalue weighted by molar-refractivity contribution is 5.85. The Morgan fingerprint density at radius 1 is 1.35 bits per heavy atom. The van der Waals surface area contributed by atoms with E-state index in [4.69, 9.17) is 5.41 Å². The van der Waals surface area contributed by atoms with E-state index < -0.39 is 0 Å². The molecule has 1 saturated carbocycles. The summed E-state index contributed by atoms with van der Waals surface area (Å²) in [4.78, 5) is 0. The number of nitrogens with one attached hydrogen (secondary N) is 1. The lowest BCUT2D eigenvalue weighted by atomic mass is 9.54. The van der Waals surface area contributed by atoms with Gasteiger partial charge in [0.25, 0.3) is 0 Å². The number of phenolic OH excluding ortho intramolecular Hbond substituents is 1. The number of aryl methyl sites for hydroxylation is 1. The van der Waals surface area contributed by atoms with Crippen LogP contribution in [-0.4, -0.2) is 10.8 Å². The molecular formula is C18H25NO. The van der Waals surface area contributed by atoms with Crippen molar-refractivity contribution in [3.63, 3.8) is 0 Å². The first kappa shape index (κ1) is 13.7. The van der Waals surface area contributed by atoms with Crippen molar-refractivity contribution in [2.45, 2.75) is 52.4 Å². The fraction of sp³-hybridized carbons (Fsp3) is 0.611. The average Bonchev–Trinajstić information content (AvgIpc) is 2.42. The van der Waals surface area contributed by atoms with Crippen LogP contribution in [0.15, 0.2) is 18.2 Å². The number of rotatable bonds is 1. The Hall–Kier alpha value is -1.31. The van der Waals surface area contributed by atoms with Gasteiger partial charge in [0.15, 0.2) is 0 Å². The second-order valence-corrected chi connectivity index (χ2v) is 7.06. The molecule has 2 N–H and O–H groups in total. The minimum Gasteiger partial charge on any atom is -0.508 e. The molecule has 2 aliphatic carbocycles. The average molecular weight is 271 g/mol. The monoisotopic (exact) mass is 271 g/mol. The Labute approximate surface area is 121 Å². The topological polar surface area (TPSA) is 44.1 Å². The summed E-state index contributed by atoms with van der Waals surface area (Å²) in [5.74, 6) is 2.28. The van der Waals surface area contributed by atoms with Crippen molar-refractivity contribution in [3.8, 4) is 5.75 Å². The zero-order chi connectivity index (χ0) is 14.5. The molecule has 0 aliphatic heterocycles. The summed E-state index contributed by atoms with van der Waals surface area (Å²) in [7, 11) is 0. The van der Waals surface area contributed by atoms with Crippen LogP contribution in [0.25, 0.3) is 0 Å². The third-order valence-electron chi connectivity index (χ3n) is 6.27. The summed E-state index contributed by atoms with van der Waals surface area (Å²) in [6, 6.07) is 5.92. The van der Waals surface area contributed by atoms with Crippen LogP contribution >= 0.6 is 0 Å². The van der Waals surface area contributed by atoms with Crippen LogP contribution in [0.5, 0.6) is 5.75 Å². The molecule has 0 spiro atoms. The van der Waals surface area contributed by atoms with Crippen LogP contribution in [0.4, 0.5) is 0 Å². The molecule has 1 aromatic rings. The highest BCUT2D eigenvalue weighted by atomic mass is 16.3. The standard InChI is InChI=1S/C18H25NO/c1-11-15-6-4-13-10-14(20)5-7-16(13)17(15)8-9-18(11,3)12(2)19/h5,7,10-11,15,17,19-20H,4,6,8-9H2,1-3H3/t11?,15?,17?,18-/m0/s1. The van der Waals surface area contributed by atoms with E-state index in [1.54, 1.807) is 0 Å². The minimum atomic E-state index is 0.0790. The SMILES string of the molecule is CC(=N)[C@@]1(C)CCC2c3ccc(O)cc3CCC2C1C. The van der Waals surface area contributed by atoms with Crippen LogP contribution in [0.3, 0.4) is 0 Å². The van der Waals surface area contributed by atoms with Crippen molar-refractivity contribution in [1.29, 1.82) is 5.41 Å². The van der Waals surface area contributed by atoms with Crippen molar-refractivity contribution in [2.24, 2.45) is 17.3 Å². The summed E-state index contributed by atoms with van der Waals surface area (Å²) in [5.41, 5.74) is 3.72. The molecule has 0 saturated heterocycles. The zero-order valence-electron chi connectivity index (χ0n) is 12.7. The lowest BCUT2D eigenvalue weighted by Crippen LogP contribution is -2.44. The lowest BCUT2D eigenvalue weighted by molar-refractivity contribution is 0.0964. The fourth-order valence-corrected chi connectivity index (χ4v) is 4.58. The predicted molar refractivity (Wildman–Crippen MR) is 82.6 cm³/mol. The second kappa shape index (κ2) is 4.61. The first-order valence-electron chi connectivity index (χ1n) is 7.81. The maximum Gasteiger partial charge on any atom is 0.115 e. The number of hydrogen-bond acceptors (Lipinski definition) is 2. The molecule has 1 aromatic carbocycles. The molecule has 0 heterocycles. The van der Waals surface area contributed by atoms with Crippen molar-refractivity contribution in [1.82, 2.24) is 0 Å². The zero-order valence-corrected chi connectivity index (χ0v) is 12.7. The van der Waals surface area contributed by atoms with Gasteiger partial charge in [0.05, 0.1) is 0 Å². The Kier molecular flexibility index (Phi) is 3.15. The van der Waals surface area contributed by atoms with Crippen LogP contribution in [0, 0.1) is 22.7 Å². The lowest BCUT2D eigenvalue weighted by Gasteiger charge is -2.50. The Morgan fingerprint density at radius 3 is 2.80 bits per heavy atom. The molecular weight excluding hydrogens is 246 g/mol. The molecule has 2 heteroatoms. The van der Waals surface area contributed by atoms with Crippen molar-refractivity contribution in [2.75, 3.05) is 0 Å². The largest absolute Gasteiger partial charge is 0.508 e. The molecule has 1 fully saturated rings. The van der Waals surface area contributed by atoms with E-state index in [9.17, 15) is 5.11 Å². The van der Waals surface area contributed by atoms with Gasteiger partial charge in [-0.3, -0.25) is 0 Å². The molecule has 2 aliphatic rings. The van der Waals surface area contributed by atoms with Crippen LogP contribution in [-0.2, 0) is 6.42 Å². The first-order valence-corrected chi connectivity index (χ1v) is 7.81. The molecule has 0 amide bonds. The maximum atomic E-state index is 9.66. The van der Waals surface area contributed by atoms with Gasteiger partial charge < -0.3 is 10.5 Å². The molecule has 2 nitrogen and oxygen atoms in total. The van der Waals surface area contributed by atoms with Crippen LogP contribution in [0.2, 0.25) is 0 Å². The van der Waals surface area contributed by atoms with Gasteiger partial charge in [0.2, 0.25) is 0 Å². The van der Waals surface area contributed by atoms with Gasteiger partial charge in [-0.2, -0.15) is 0 Å². The summed E-state index contributed by atoms with van der Waals surface area (Å²) in [6.07, 6.45) is 4.57. The highest BCUT2D eigenvalue weighted by Crippen LogP contribution is 2.55. The maximum absolute atomic E-state index is 9.66. The van der Waals surface area contributed by atoms with E-state index in [1.165, 1.54) is 24.0 Å². The summed E-state index contributed by atoms with van der Waals surface area (Å²) in [6.45, 7) is 6.61. The molecule has 0 bridgehead atoms. The quantitative estimate of drug-likeness (QED) is 0.725. The van der Waals surface area contributed by atoms with Crippen LogP contribution in [0.1, 0.15) is 57.1 Å². The van der Waals surface area contributed by atoms with Crippen molar-refractivity contribution >= 4 is 5.71 Å². The van der Waals surface area contributed by atoms with Gasteiger partial charge in [0, 0.05) is 11.1 Å². The molecule has 0 aromatic heterocycles. The highest BCUT2D eigenvalue weighted by Gasteiger charge is 2.47. The van der Waals surface area contributed by atoms with Gasteiger partial charge in [-0.05, 0) is 73.6 Å². The number of fused-ring (bicyclic) bond motifs is 3. The van der Waals surface area contributed by atoms with Crippen LogP contribution < -0.4 is 0 Å². The van der Waals surface area contributed by atoms with Crippen molar-refractivity contribution < 1.29 is 5.11 Å². The smallest absolute Gasteiger partial charge is 0.115 e. The van der Waals surface area contributed by atoms with Crippen molar-refractivity contribution in [3.05, 3.63) is 29.3 Å². The van der Waals surface area contributed by atoms with Gasteiger partial charge in [-0.1, -0.05) is 19.9 Å². The van der Waals surface area contributed by atoms with Gasteiger partial charge in [0.1, 0.15) is 5.75 Å². The third kappa shape index (κ3) is 1.88. The Morgan fingerprint density at radius 2 is 2.10 bits per heavy atom. The normalized spacial score (nSPS) is 36.0. The number of aromatic hydroxyl groups is 1. The van der Waals surface area contributed by atoms with E-state index >= 15 is 0 Å². The summed E-state index contributed by atoms with van der Waals surface area (Å²) in [5, 5.41) is 17.8. The number of hydrogen-bond donors (Lipinski definition) is 2. The number of benzene rings is 1. The predicted octanol–water partition coefficient (Wildman–Crippen LogP) is 4.51. The minimum absolute atomic E-state index is 0.0790. The van der Waals surface area contributed by atoms with Gasteiger partial charge >= 0.3 is 0 Å². The summed E-state index contributed by atoms with van der Waals surface area (Å²) < 4.78 is 0. The first-order chi connectivity index (χ1) is 9.43. The molecule has 3 rings (SSSR count). The molecule has 3 unspecified atom stereocenters. The third-order valence-corrected chi connectivity index (χ3v) is 6.27. The molecule has 0 radical (unpaired) electrons. The Balaban J connectivity index is 1.96. The van der Waals surface area contributed by atoms with Gasteiger partial charge in [-0.15, -0.1) is 0 Å². The molecule has 4 atom stereocenters. The molecule has 108 valence electrons. The van der Waals surface area contributed by atoms with E-state index in [2.05, 4.69) is 19.9 Å². The number of phenols is 1. The summed E-state index contributed by atoms with van der Waals surface area (Å²) >= 11 is 0. The Bertz CT molecular complexity index is 550. The second-order valence-electron chi connectivity index (χ2n) is 7.06. The van der Waals surface area contributed by atoms with Gasteiger partial charge in [-0.25, -0.2) is 0 Å². The van der Waals surface area contributed by atoms with E-state index in [1.807, 2.05) is 19.1 Å². The van der Waals surface area contributed by atoms with E-state index in [0.717, 1.165) is 18.6 Å². The van der Waals surface area contributed by atoms with E-state index in [-0.39, 0.29) is 5.41 Å².